The summed E-state index contributed by atoms with van der Waals surface area (Å²) in [5.41, 5.74) is 0.956. The lowest BCUT2D eigenvalue weighted by Gasteiger charge is -2.03. The van der Waals surface area contributed by atoms with Gasteiger partial charge in [-0.05, 0) is 6.07 Å². The van der Waals surface area contributed by atoms with E-state index in [1.807, 2.05) is 16.9 Å². The quantitative estimate of drug-likeness (QED) is 0.717. The number of hydrogen-bond donors (Lipinski definition) is 1. The fourth-order valence-electron chi connectivity index (χ4n) is 1.26. The molecule has 0 saturated carbocycles. The van der Waals surface area contributed by atoms with Crippen LogP contribution in [0, 0.1) is 0 Å². The van der Waals surface area contributed by atoms with Crippen molar-refractivity contribution < 1.29 is 0 Å². The number of rotatable bonds is 5. The van der Waals surface area contributed by atoms with Crippen molar-refractivity contribution in [3.63, 3.8) is 0 Å². The minimum absolute atomic E-state index is 0.745. The smallest absolute Gasteiger partial charge is 0.0724 e. The SMILES string of the molecule is c1cnn(CCNCc2cnccn2)c1. The standard InChI is InChI=1S/C10H13N5/c1-2-14-15(6-1)7-5-12-9-10-8-11-3-4-13-10/h1-4,6,8,12H,5,7,9H2. The molecular weight excluding hydrogens is 190 g/mol. The molecule has 1 N–H and O–H groups in total. The van der Waals surface area contributed by atoms with Crippen molar-refractivity contribution in [3.05, 3.63) is 42.7 Å². The maximum Gasteiger partial charge on any atom is 0.0724 e. The van der Waals surface area contributed by atoms with Gasteiger partial charge in [0.1, 0.15) is 0 Å². The third kappa shape index (κ3) is 3.14. The molecule has 0 saturated heterocycles. The molecule has 0 spiro atoms. The van der Waals surface area contributed by atoms with E-state index in [9.17, 15) is 0 Å². The van der Waals surface area contributed by atoms with Gasteiger partial charge in [0.05, 0.1) is 12.2 Å². The topological polar surface area (TPSA) is 55.6 Å². The van der Waals surface area contributed by atoms with Gasteiger partial charge in [-0.2, -0.15) is 5.10 Å². The van der Waals surface area contributed by atoms with Gasteiger partial charge >= 0.3 is 0 Å². The van der Waals surface area contributed by atoms with E-state index in [-0.39, 0.29) is 0 Å². The van der Waals surface area contributed by atoms with Gasteiger partial charge in [0, 0.05) is 44.1 Å². The van der Waals surface area contributed by atoms with Crippen LogP contribution >= 0.6 is 0 Å². The fraction of sp³-hybridized carbons (Fsp3) is 0.300. The van der Waals surface area contributed by atoms with Crippen molar-refractivity contribution in [2.75, 3.05) is 6.54 Å². The van der Waals surface area contributed by atoms with E-state index in [2.05, 4.69) is 20.4 Å². The Balaban J connectivity index is 1.68. The van der Waals surface area contributed by atoms with E-state index in [0.29, 0.717) is 0 Å². The second-order valence-electron chi connectivity index (χ2n) is 3.14. The van der Waals surface area contributed by atoms with Gasteiger partial charge in [-0.15, -0.1) is 0 Å². The summed E-state index contributed by atoms with van der Waals surface area (Å²) in [5, 5.41) is 7.39. The fourth-order valence-corrected chi connectivity index (χ4v) is 1.26. The molecule has 0 amide bonds. The second kappa shape index (κ2) is 5.21. The third-order valence-electron chi connectivity index (χ3n) is 2.00. The Morgan fingerprint density at radius 2 is 2.27 bits per heavy atom. The van der Waals surface area contributed by atoms with Gasteiger partial charge < -0.3 is 5.32 Å². The van der Waals surface area contributed by atoms with Crippen molar-refractivity contribution in [1.29, 1.82) is 0 Å². The largest absolute Gasteiger partial charge is 0.309 e. The molecule has 78 valence electrons. The molecule has 2 aromatic rings. The highest BCUT2D eigenvalue weighted by Gasteiger charge is 1.93. The van der Waals surface area contributed by atoms with Crippen LogP contribution in [-0.2, 0) is 13.1 Å². The molecular formula is C10H13N5. The average molecular weight is 203 g/mol. The van der Waals surface area contributed by atoms with Crippen molar-refractivity contribution in [2.24, 2.45) is 0 Å². The molecule has 15 heavy (non-hydrogen) atoms. The summed E-state index contributed by atoms with van der Waals surface area (Å²) in [6.45, 7) is 2.49. The van der Waals surface area contributed by atoms with Crippen LogP contribution in [0.2, 0.25) is 0 Å². The van der Waals surface area contributed by atoms with Crippen LogP contribution in [0.15, 0.2) is 37.1 Å². The monoisotopic (exact) mass is 203 g/mol. The van der Waals surface area contributed by atoms with Crippen LogP contribution in [0.1, 0.15) is 5.69 Å². The first-order valence-electron chi connectivity index (χ1n) is 4.88. The van der Waals surface area contributed by atoms with Crippen LogP contribution in [0.3, 0.4) is 0 Å². The predicted molar refractivity (Wildman–Crippen MR) is 56.0 cm³/mol. The normalized spacial score (nSPS) is 10.4. The summed E-state index contributed by atoms with van der Waals surface area (Å²) >= 11 is 0. The van der Waals surface area contributed by atoms with E-state index in [1.54, 1.807) is 24.8 Å². The number of hydrogen-bond acceptors (Lipinski definition) is 4. The van der Waals surface area contributed by atoms with Gasteiger partial charge in [-0.3, -0.25) is 14.6 Å². The lowest BCUT2D eigenvalue weighted by atomic mass is 10.4. The molecule has 5 heteroatoms. The van der Waals surface area contributed by atoms with E-state index >= 15 is 0 Å². The first kappa shape index (κ1) is 9.79. The Labute approximate surface area is 88.2 Å². The van der Waals surface area contributed by atoms with E-state index in [0.717, 1.165) is 25.3 Å². The van der Waals surface area contributed by atoms with Crippen LogP contribution in [0.5, 0.6) is 0 Å². The number of nitrogens with zero attached hydrogens (tertiary/aromatic N) is 4. The zero-order chi connectivity index (χ0) is 10.3. The zero-order valence-electron chi connectivity index (χ0n) is 8.37. The summed E-state index contributed by atoms with van der Waals surface area (Å²) in [6.07, 6.45) is 8.87. The van der Waals surface area contributed by atoms with Crippen molar-refractivity contribution in [3.8, 4) is 0 Å². The van der Waals surface area contributed by atoms with Gasteiger partial charge in [0.15, 0.2) is 0 Å². The third-order valence-corrected chi connectivity index (χ3v) is 2.00. The summed E-state index contributed by atoms with van der Waals surface area (Å²) in [6, 6.07) is 1.92. The van der Waals surface area contributed by atoms with E-state index in [4.69, 9.17) is 0 Å². The van der Waals surface area contributed by atoms with E-state index in [1.165, 1.54) is 0 Å². The van der Waals surface area contributed by atoms with Gasteiger partial charge in [0.2, 0.25) is 0 Å². The molecule has 0 aliphatic heterocycles. The van der Waals surface area contributed by atoms with Crippen LogP contribution < -0.4 is 5.32 Å². The summed E-state index contributed by atoms with van der Waals surface area (Å²) in [7, 11) is 0. The molecule has 0 fully saturated rings. The predicted octanol–water partition coefficient (Wildman–Crippen LogP) is 0.463. The highest BCUT2D eigenvalue weighted by molar-refractivity contribution is 4.93. The maximum absolute atomic E-state index is 4.17. The molecule has 0 aromatic carbocycles. The average Bonchev–Trinajstić information content (AvgIpc) is 2.79. The van der Waals surface area contributed by atoms with Crippen LogP contribution in [0.25, 0.3) is 0 Å². The minimum Gasteiger partial charge on any atom is -0.309 e. The maximum atomic E-state index is 4.17. The Kier molecular flexibility index (Phi) is 3.40. The summed E-state index contributed by atoms with van der Waals surface area (Å²) in [5.74, 6) is 0. The van der Waals surface area contributed by atoms with Crippen LogP contribution in [-0.4, -0.2) is 26.3 Å². The number of aromatic nitrogens is 4. The highest BCUT2D eigenvalue weighted by atomic mass is 15.3. The Morgan fingerprint density at radius 3 is 3.00 bits per heavy atom. The molecule has 0 bridgehead atoms. The minimum atomic E-state index is 0.745. The van der Waals surface area contributed by atoms with E-state index < -0.39 is 0 Å². The molecule has 0 radical (unpaired) electrons. The molecule has 0 unspecified atom stereocenters. The van der Waals surface area contributed by atoms with Gasteiger partial charge in [0.25, 0.3) is 0 Å². The zero-order valence-corrected chi connectivity index (χ0v) is 8.37. The number of nitrogens with one attached hydrogen (secondary N) is 1. The highest BCUT2D eigenvalue weighted by Crippen LogP contribution is 1.88. The molecule has 2 rings (SSSR count). The van der Waals surface area contributed by atoms with Gasteiger partial charge in [-0.1, -0.05) is 0 Å². The second-order valence-corrected chi connectivity index (χ2v) is 3.14. The molecule has 2 heterocycles. The van der Waals surface area contributed by atoms with Crippen molar-refractivity contribution in [1.82, 2.24) is 25.1 Å². The molecule has 5 nitrogen and oxygen atoms in total. The van der Waals surface area contributed by atoms with Crippen molar-refractivity contribution >= 4 is 0 Å². The first-order chi connectivity index (χ1) is 7.45. The Bertz CT molecular complexity index is 370. The Hall–Kier alpha value is -1.75. The van der Waals surface area contributed by atoms with Crippen LogP contribution in [0.4, 0.5) is 0 Å². The molecule has 2 aromatic heterocycles. The lowest BCUT2D eigenvalue weighted by molar-refractivity contribution is 0.551. The Morgan fingerprint density at radius 1 is 1.27 bits per heavy atom. The summed E-state index contributed by atoms with van der Waals surface area (Å²) in [4.78, 5) is 8.16. The summed E-state index contributed by atoms with van der Waals surface area (Å²) < 4.78 is 1.89. The first-order valence-corrected chi connectivity index (χ1v) is 4.88. The molecule has 0 aliphatic carbocycles. The lowest BCUT2D eigenvalue weighted by Crippen LogP contribution is -2.20. The molecule has 0 aliphatic rings. The molecule has 0 atom stereocenters. The van der Waals surface area contributed by atoms with Gasteiger partial charge in [-0.25, -0.2) is 0 Å². The van der Waals surface area contributed by atoms with Crippen molar-refractivity contribution in [2.45, 2.75) is 13.1 Å².